The van der Waals surface area contributed by atoms with Gasteiger partial charge in [-0.15, -0.1) is 0 Å². The highest BCUT2D eigenvalue weighted by Crippen LogP contribution is 2.35. The van der Waals surface area contributed by atoms with E-state index in [1.54, 1.807) is 6.07 Å². The molecule has 10 nitrogen and oxygen atoms in total. The van der Waals surface area contributed by atoms with E-state index >= 15 is 0 Å². The number of benzene rings is 3. The van der Waals surface area contributed by atoms with Crippen LogP contribution in [0.3, 0.4) is 0 Å². The van der Waals surface area contributed by atoms with Gasteiger partial charge in [0.25, 0.3) is 17.7 Å². The average molecular weight is 596 g/mol. The zero-order chi connectivity index (χ0) is 29.8. The number of carbonyl (C=O) groups excluding carboxylic acids is 5. The van der Waals surface area contributed by atoms with Gasteiger partial charge in [0.15, 0.2) is 12.4 Å². The minimum absolute atomic E-state index is 0.0262. The van der Waals surface area contributed by atoms with E-state index in [9.17, 15) is 24.0 Å². The first kappa shape index (κ1) is 29.3. The number of ether oxygens (including phenoxy) is 2. The number of esters is 1. The van der Waals surface area contributed by atoms with Crippen molar-refractivity contribution in [3.8, 4) is 5.75 Å². The molecule has 41 heavy (non-hydrogen) atoms. The van der Waals surface area contributed by atoms with E-state index in [4.69, 9.17) is 27.9 Å². The number of imide groups is 2. The van der Waals surface area contributed by atoms with Gasteiger partial charge in [0.2, 0.25) is 0 Å². The van der Waals surface area contributed by atoms with Crippen molar-refractivity contribution >= 4 is 70.4 Å². The molecule has 1 saturated heterocycles. The third kappa shape index (κ3) is 6.56. The fraction of sp³-hybridized carbons (Fsp3) is 0.138. The SMILES string of the molecule is COC(=O)c1ccc(N2C(=O)NC(=O)/C(=C/c3cc(Cl)c(OCC(=O)Nc4ccc(C)c(C)c4)c(Cl)c3)C2=O)cc1. The lowest BCUT2D eigenvalue weighted by Crippen LogP contribution is -2.54. The van der Waals surface area contributed by atoms with Gasteiger partial charge >= 0.3 is 12.0 Å². The van der Waals surface area contributed by atoms with Crippen LogP contribution in [0.2, 0.25) is 10.0 Å². The zero-order valence-electron chi connectivity index (χ0n) is 22.0. The van der Waals surface area contributed by atoms with Crippen LogP contribution in [-0.4, -0.2) is 43.4 Å². The monoisotopic (exact) mass is 595 g/mol. The topological polar surface area (TPSA) is 131 Å². The standard InChI is InChI=1S/C29H23Cl2N3O7/c1-15-4-7-19(10-16(15)2)32-24(35)14-41-25-22(30)12-17(13-23(25)31)11-21-26(36)33-29(39)34(27(21)37)20-8-5-18(6-9-20)28(38)40-3/h4-13H,14H2,1-3H3,(H,32,35)(H,33,36,39)/b21-11-. The molecular weight excluding hydrogens is 573 g/mol. The number of nitrogens with zero attached hydrogens (tertiary/aromatic N) is 1. The fourth-order valence-electron chi connectivity index (χ4n) is 3.88. The van der Waals surface area contributed by atoms with Crippen molar-refractivity contribution in [1.29, 1.82) is 0 Å². The summed E-state index contributed by atoms with van der Waals surface area (Å²) in [7, 11) is 1.22. The first-order valence-corrected chi connectivity index (χ1v) is 12.8. The summed E-state index contributed by atoms with van der Waals surface area (Å²) < 4.78 is 10.2. The Balaban J connectivity index is 1.51. The minimum atomic E-state index is -0.957. The van der Waals surface area contributed by atoms with Crippen LogP contribution in [0.15, 0.2) is 60.2 Å². The molecule has 1 fully saturated rings. The smallest absolute Gasteiger partial charge is 0.337 e. The van der Waals surface area contributed by atoms with Crippen molar-refractivity contribution in [3.05, 3.63) is 92.5 Å². The molecule has 4 rings (SSSR count). The fourth-order valence-corrected chi connectivity index (χ4v) is 4.49. The van der Waals surface area contributed by atoms with Gasteiger partial charge in [-0.1, -0.05) is 29.3 Å². The van der Waals surface area contributed by atoms with Crippen LogP contribution in [0.4, 0.5) is 16.2 Å². The van der Waals surface area contributed by atoms with Gasteiger partial charge in [-0.25, -0.2) is 14.5 Å². The molecule has 0 atom stereocenters. The number of rotatable bonds is 7. The number of halogens is 2. The summed E-state index contributed by atoms with van der Waals surface area (Å²) >= 11 is 12.7. The molecule has 0 spiro atoms. The number of methoxy groups -OCH3 is 1. The van der Waals surface area contributed by atoms with E-state index in [-0.39, 0.29) is 44.8 Å². The lowest BCUT2D eigenvalue weighted by molar-refractivity contribution is -0.122. The number of anilines is 2. The number of hydrogen-bond donors (Lipinski definition) is 2. The van der Waals surface area contributed by atoms with Gasteiger partial charge in [-0.3, -0.25) is 19.7 Å². The third-order valence-electron chi connectivity index (χ3n) is 6.12. The van der Waals surface area contributed by atoms with Gasteiger partial charge in [0, 0.05) is 5.69 Å². The second-order valence-corrected chi connectivity index (χ2v) is 9.76. The van der Waals surface area contributed by atoms with E-state index in [1.165, 1.54) is 49.6 Å². The number of nitrogens with one attached hydrogen (secondary N) is 2. The van der Waals surface area contributed by atoms with E-state index in [0.717, 1.165) is 16.0 Å². The first-order chi connectivity index (χ1) is 19.5. The van der Waals surface area contributed by atoms with Crippen molar-refractivity contribution in [2.45, 2.75) is 13.8 Å². The normalized spacial score (nSPS) is 14.1. The molecule has 0 bridgehead atoms. The second kappa shape index (κ2) is 12.2. The van der Waals surface area contributed by atoms with Crippen molar-refractivity contribution < 1.29 is 33.4 Å². The van der Waals surface area contributed by atoms with Crippen LogP contribution in [0.5, 0.6) is 5.75 Å². The van der Waals surface area contributed by atoms with Gasteiger partial charge in [-0.2, -0.15) is 0 Å². The summed E-state index contributed by atoms with van der Waals surface area (Å²) in [6.07, 6.45) is 1.22. The summed E-state index contributed by atoms with van der Waals surface area (Å²) in [6, 6.07) is 12.8. The molecule has 3 aromatic carbocycles. The van der Waals surface area contributed by atoms with Crippen LogP contribution >= 0.6 is 23.2 Å². The number of urea groups is 1. The van der Waals surface area contributed by atoms with Gasteiger partial charge in [0.05, 0.1) is 28.4 Å². The van der Waals surface area contributed by atoms with Crippen molar-refractivity contribution in [3.63, 3.8) is 0 Å². The predicted octanol–water partition coefficient (Wildman–Crippen LogP) is 5.08. The lowest BCUT2D eigenvalue weighted by atomic mass is 10.1. The third-order valence-corrected chi connectivity index (χ3v) is 6.68. The van der Waals surface area contributed by atoms with E-state index in [0.29, 0.717) is 5.69 Å². The molecule has 0 aliphatic carbocycles. The first-order valence-electron chi connectivity index (χ1n) is 12.1. The molecule has 1 heterocycles. The Hall–Kier alpha value is -4.67. The Morgan fingerprint density at radius 3 is 2.22 bits per heavy atom. The van der Waals surface area contributed by atoms with Gasteiger partial charge in [0.1, 0.15) is 5.57 Å². The van der Waals surface area contributed by atoms with Crippen LogP contribution in [0.1, 0.15) is 27.0 Å². The highest BCUT2D eigenvalue weighted by molar-refractivity contribution is 6.40. The van der Waals surface area contributed by atoms with E-state index in [2.05, 4.69) is 15.4 Å². The predicted molar refractivity (Wildman–Crippen MR) is 153 cm³/mol. The molecule has 1 aliphatic rings. The van der Waals surface area contributed by atoms with Crippen LogP contribution < -0.4 is 20.3 Å². The Labute approximate surface area is 244 Å². The maximum Gasteiger partial charge on any atom is 0.337 e. The summed E-state index contributed by atoms with van der Waals surface area (Å²) in [5.41, 5.74) is 2.96. The molecule has 210 valence electrons. The summed E-state index contributed by atoms with van der Waals surface area (Å²) in [5.74, 6) is -2.81. The van der Waals surface area contributed by atoms with E-state index < -0.39 is 29.7 Å². The second-order valence-electron chi connectivity index (χ2n) is 8.95. The quantitative estimate of drug-likeness (QED) is 0.221. The average Bonchev–Trinajstić information content (AvgIpc) is 2.92. The number of barbiturate groups is 1. The molecule has 12 heteroatoms. The maximum atomic E-state index is 13.2. The summed E-state index contributed by atoms with van der Waals surface area (Å²) in [4.78, 5) is 63.0. The number of amides is 5. The van der Waals surface area contributed by atoms with Gasteiger partial charge in [-0.05, 0) is 85.1 Å². The molecule has 5 amide bonds. The van der Waals surface area contributed by atoms with Crippen LogP contribution in [-0.2, 0) is 19.1 Å². The molecular formula is C29H23Cl2N3O7. The Bertz CT molecular complexity index is 1590. The Kier molecular flexibility index (Phi) is 8.75. The highest BCUT2D eigenvalue weighted by atomic mass is 35.5. The van der Waals surface area contributed by atoms with Crippen molar-refractivity contribution in [1.82, 2.24) is 5.32 Å². The number of aryl methyl sites for hydroxylation is 2. The van der Waals surface area contributed by atoms with Crippen molar-refractivity contribution in [2.75, 3.05) is 23.9 Å². The largest absolute Gasteiger partial charge is 0.481 e. The molecule has 0 aromatic heterocycles. The Morgan fingerprint density at radius 2 is 1.61 bits per heavy atom. The Morgan fingerprint density at radius 1 is 0.951 bits per heavy atom. The molecule has 2 N–H and O–H groups in total. The van der Waals surface area contributed by atoms with Crippen LogP contribution in [0, 0.1) is 13.8 Å². The minimum Gasteiger partial charge on any atom is -0.481 e. The zero-order valence-corrected chi connectivity index (χ0v) is 23.6. The highest BCUT2D eigenvalue weighted by Gasteiger charge is 2.37. The number of carbonyl (C=O) groups is 5. The molecule has 3 aromatic rings. The molecule has 0 unspecified atom stereocenters. The maximum absolute atomic E-state index is 13.2. The molecule has 1 aliphatic heterocycles. The summed E-state index contributed by atoms with van der Waals surface area (Å²) in [5, 5.41) is 4.89. The van der Waals surface area contributed by atoms with Gasteiger partial charge < -0.3 is 14.8 Å². The lowest BCUT2D eigenvalue weighted by Gasteiger charge is -2.26. The van der Waals surface area contributed by atoms with E-state index in [1.807, 2.05) is 26.0 Å². The van der Waals surface area contributed by atoms with Crippen LogP contribution in [0.25, 0.3) is 6.08 Å². The van der Waals surface area contributed by atoms with Crippen molar-refractivity contribution in [2.24, 2.45) is 0 Å². The summed E-state index contributed by atoms with van der Waals surface area (Å²) in [6.45, 7) is 3.52. The molecule has 0 saturated carbocycles. The molecule has 0 radical (unpaired) electrons. The number of hydrogen-bond acceptors (Lipinski definition) is 7.